The van der Waals surface area contributed by atoms with Gasteiger partial charge in [-0.2, -0.15) is 0 Å². The Morgan fingerprint density at radius 1 is 1.12 bits per heavy atom. The van der Waals surface area contributed by atoms with E-state index in [0.717, 1.165) is 4.31 Å². The van der Waals surface area contributed by atoms with Crippen molar-refractivity contribution in [1.29, 1.82) is 0 Å². The summed E-state index contributed by atoms with van der Waals surface area (Å²) in [4.78, 5) is -0.130. The summed E-state index contributed by atoms with van der Waals surface area (Å²) >= 11 is 6.09. The fraction of sp³-hybridized carbons (Fsp3) is 0.250. The van der Waals surface area contributed by atoms with Crippen LogP contribution in [0.2, 0.25) is 5.02 Å². The normalized spacial score (nSPS) is 11.2. The number of methoxy groups -OCH3 is 2. The van der Waals surface area contributed by atoms with Crippen molar-refractivity contribution in [2.24, 2.45) is 5.73 Å². The van der Waals surface area contributed by atoms with Gasteiger partial charge in [0.15, 0.2) is 10.6 Å². The highest BCUT2D eigenvalue weighted by Crippen LogP contribution is 2.41. The second-order valence-electron chi connectivity index (χ2n) is 4.92. The molecule has 0 amide bonds. The quantitative estimate of drug-likeness (QED) is 0.845. The van der Waals surface area contributed by atoms with Gasteiger partial charge in [-0.1, -0.05) is 29.8 Å². The topological polar surface area (TPSA) is 81.9 Å². The van der Waals surface area contributed by atoms with Gasteiger partial charge in [-0.3, -0.25) is 4.31 Å². The molecule has 0 aliphatic rings. The molecule has 0 heterocycles. The number of anilines is 1. The Labute approximate surface area is 146 Å². The fourth-order valence-electron chi connectivity index (χ4n) is 2.37. The van der Waals surface area contributed by atoms with E-state index in [4.69, 9.17) is 26.8 Å². The second-order valence-corrected chi connectivity index (χ2v) is 7.23. The van der Waals surface area contributed by atoms with Crippen LogP contribution < -0.4 is 19.5 Å². The molecule has 2 aromatic rings. The maximum atomic E-state index is 13.2. The van der Waals surface area contributed by atoms with Crippen LogP contribution in [0, 0.1) is 0 Å². The summed E-state index contributed by atoms with van der Waals surface area (Å²) in [7, 11) is 0.198. The SMILES string of the molecule is COc1ccc(Cl)c(OC)c1S(=O)(=O)N(C)c1ccccc1CN. The summed E-state index contributed by atoms with van der Waals surface area (Å²) in [6.45, 7) is 0.208. The van der Waals surface area contributed by atoms with Crippen molar-refractivity contribution >= 4 is 27.3 Å². The highest BCUT2D eigenvalue weighted by atomic mass is 35.5. The lowest BCUT2D eigenvalue weighted by atomic mass is 10.2. The monoisotopic (exact) mass is 370 g/mol. The molecule has 0 bridgehead atoms. The fourth-order valence-corrected chi connectivity index (χ4v) is 4.21. The van der Waals surface area contributed by atoms with Crippen LogP contribution >= 0.6 is 11.6 Å². The number of nitrogens with two attached hydrogens (primary N) is 1. The molecule has 130 valence electrons. The van der Waals surface area contributed by atoms with Crippen molar-refractivity contribution in [2.75, 3.05) is 25.6 Å². The molecular formula is C16H19ClN2O4S. The molecule has 0 aliphatic carbocycles. The van der Waals surface area contributed by atoms with Crippen molar-refractivity contribution in [3.63, 3.8) is 0 Å². The van der Waals surface area contributed by atoms with E-state index < -0.39 is 10.0 Å². The highest BCUT2D eigenvalue weighted by molar-refractivity contribution is 7.93. The smallest absolute Gasteiger partial charge is 0.271 e. The number of benzene rings is 2. The zero-order valence-electron chi connectivity index (χ0n) is 13.6. The van der Waals surface area contributed by atoms with Crippen molar-refractivity contribution in [3.05, 3.63) is 47.0 Å². The molecule has 0 fully saturated rings. The zero-order chi connectivity index (χ0) is 17.9. The van der Waals surface area contributed by atoms with Crippen molar-refractivity contribution in [2.45, 2.75) is 11.4 Å². The molecule has 0 aliphatic heterocycles. The molecule has 0 saturated heterocycles. The van der Waals surface area contributed by atoms with E-state index in [-0.39, 0.29) is 28.0 Å². The molecule has 0 unspecified atom stereocenters. The zero-order valence-corrected chi connectivity index (χ0v) is 15.2. The minimum absolute atomic E-state index is 0.0353. The van der Waals surface area contributed by atoms with Crippen LogP contribution in [0.1, 0.15) is 5.56 Å². The molecule has 0 spiro atoms. The van der Waals surface area contributed by atoms with E-state index in [1.807, 2.05) is 0 Å². The van der Waals surface area contributed by atoms with E-state index in [2.05, 4.69) is 0 Å². The molecule has 0 atom stereocenters. The van der Waals surface area contributed by atoms with Gasteiger partial charge in [0, 0.05) is 13.6 Å². The summed E-state index contributed by atoms with van der Waals surface area (Å²) in [6.07, 6.45) is 0. The number of hydrogen-bond acceptors (Lipinski definition) is 5. The Hall–Kier alpha value is -1.96. The van der Waals surface area contributed by atoms with Gasteiger partial charge in [-0.15, -0.1) is 0 Å². The highest BCUT2D eigenvalue weighted by Gasteiger charge is 2.31. The lowest BCUT2D eigenvalue weighted by Gasteiger charge is -2.24. The van der Waals surface area contributed by atoms with Crippen LogP contribution in [0.4, 0.5) is 5.69 Å². The van der Waals surface area contributed by atoms with Crippen LogP contribution in [0.5, 0.6) is 11.5 Å². The van der Waals surface area contributed by atoms with E-state index >= 15 is 0 Å². The number of ether oxygens (including phenoxy) is 2. The summed E-state index contributed by atoms with van der Waals surface area (Å²) in [5.74, 6) is 0.182. The molecule has 8 heteroatoms. The van der Waals surface area contributed by atoms with Gasteiger partial charge in [0.1, 0.15) is 5.75 Å². The Morgan fingerprint density at radius 2 is 1.79 bits per heavy atom. The van der Waals surface area contributed by atoms with Crippen molar-refractivity contribution < 1.29 is 17.9 Å². The third-order valence-electron chi connectivity index (χ3n) is 3.62. The van der Waals surface area contributed by atoms with Crippen LogP contribution in [-0.2, 0) is 16.6 Å². The molecule has 2 rings (SSSR count). The maximum absolute atomic E-state index is 13.2. The van der Waals surface area contributed by atoms with Crippen LogP contribution in [0.3, 0.4) is 0 Å². The minimum atomic E-state index is -3.99. The lowest BCUT2D eigenvalue weighted by molar-refractivity contribution is 0.373. The summed E-state index contributed by atoms with van der Waals surface area (Å²) in [5, 5.41) is 0.178. The van der Waals surface area contributed by atoms with Gasteiger partial charge >= 0.3 is 0 Å². The van der Waals surface area contributed by atoms with Crippen LogP contribution in [0.25, 0.3) is 0 Å². The van der Waals surface area contributed by atoms with Gasteiger partial charge < -0.3 is 15.2 Å². The van der Waals surface area contributed by atoms with Crippen LogP contribution in [0.15, 0.2) is 41.3 Å². The number of nitrogens with zero attached hydrogens (tertiary/aromatic N) is 1. The van der Waals surface area contributed by atoms with Gasteiger partial charge in [0.25, 0.3) is 10.0 Å². The number of rotatable bonds is 6. The van der Waals surface area contributed by atoms with Gasteiger partial charge in [-0.25, -0.2) is 8.42 Å². The molecule has 0 saturated carbocycles. The Bertz CT molecular complexity index is 840. The molecule has 2 N–H and O–H groups in total. The van der Waals surface area contributed by atoms with Crippen molar-refractivity contribution in [1.82, 2.24) is 0 Å². The van der Waals surface area contributed by atoms with E-state index in [0.29, 0.717) is 11.3 Å². The van der Waals surface area contributed by atoms with E-state index in [1.165, 1.54) is 33.4 Å². The summed E-state index contributed by atoms with van der Waals surface area (Å²) in [5.41, 5.74) is 6.89. The van der Waals surface area contributed by atoms with Crippen LogP contribution in [-0.4, -0.2) is 29.7 Å². The first-order valence-electron chi connectivity index (χ1n) is 7.05. The maximum Gasteiger partial charge on any atom is 0.271 e. The van der Waals surface area contributed by atoms with Gasteiger partial charge in [0.05, 0.1) is 24.9 Å². The van der Waals surface area contributed by atoms with Gasteiger partial charge in [-0.05, 0) is 23.8 Å². The average molecular weight is 371 g/mol. The Balaban J connectivity index is 2.69. The first-order chi connectivity index (χ1) is 11.4. The molecular weight excluding hydrogens is 352 g/mol. The lowest BCUT2D eigenvalue weighted by Crippen LogP contribution is -2.28. The third kappa shape index (κ3) is 3.15. The number of para-hydroxylation sites is 1. The minimum Gasteiger partial charge on any atom is -0.495 e. The first kappa shape index (κ1) is 18.4. The largest absolute Gasteiger partial charge is 0.495 e. The third-order valence-corrected chi connectivity index (χ3v) is 5.74. The average Bonchev–Trinajstić information content (AvgIpc) is 2.60. The number of halogens is 1. The van der Waals surface area contributed by atoms with E-state index in [9.17, 15) is 8.42 Å². The summed E-state index contributed by atoms with van der Waals surface area (Å²) < 4.78 is 37.9. The standard InChI is InChI=1S/C16H19ClN2O4S/c1-19(13-7-5-4-6-11(13)10-18)24(20,21)16-14(22-2)9-8-12(17)15(16)23-3/h4-9H,10,18H2,1-3H3. The van der Waals surface area contributed by atoms with Crippen molar-refractivity contribution in [3.8, 4) is 11.5 Å². The molecule has 0 aromatic heterocycles. The molecule has 24 heavy (non-hydrogen) atoms. The first-order valence-corrected chi connectivity index (χ1v) is 8.87. The molecule has 6 nitrogen and oxygen atoms in total. The van der Waals surface area contributed by atoms with Gasteiger partial charge in [0.2, 0.25) is 0 Å². The Morgan fingerprint density at radius 3 is 2.38 bits per heavy atom. The Kier molecular flexibility index (Phi) is 5.58. The predicted molar refractivity (Wildman–Crippen MR) is 94.5 cm³/mol. The predicted octanol–water partition coefficient (Wildman–Crippen LogP) is 2.64. The number of sulfonamides is 1. The summed E-state index contributed by atoms with van der Waals surface area (Å²) in [6, 6.07) is 10.0. The molecule has 0 radical (unpaired) electrons. The number of hydrogen-bond donors (Lipinski definition) is 1. The second kappa shape index (κ2) is 7.29. The van der Waals surface area contributed by atoms with E-state index in [1.54, 1.807) is 24.3 Å². The molecule has 2 aromatic carbocycles.